The molecule has 0 bridgehead atoms. The number of amides is 1. The predicted molar refractivity (Wildman–Crippen MR) is 201 cm³/mol. The topological polar surface area (TPSA) is 119 Å². The van der Waals surface area contributed by atoms with Crippen LogP contribution in [0.4, 0.5) is 4.79 Å². The fourth-order valence-corrected chi connectivity index (χ4v) is 7.74. The molecule has 4 aromatic carbocycles. The molecule has 4 rings (SSSR count). The van der Waals surface area contributed by atoms with Gasteiger partial charge in [-0.3, -0.25) is 4.79 Å². The Hall–Kier alpha value is -4.81. The van der Waals surface area contributed by atoms with Gasteiger partial charge in [-0.05, 0) is 91.3 Å². The Morgan fingerprint density at radius 1 is 0.673 bits per heavy atom. The summed E-state index contributed by atoms with van der Waals surface area (Å²) in [6.07, 6.45) is 2.08. The molecule has 0 saturated carbocycles. The van der Waals surface area contributed by atoms with Crippen LogP contribution in [0.15, 0.2) is 97.1 Å². The van der Waals surface area contributed by atoms with Crippen molar-refractivity contribution in [2.75, 3.05) is 41.6 Å². The van der Waals surface area contributed by atoms with E-state index in [0.717, 1.165) is 34.4 Å². The molecular formula is C41H49NO9Si. The van der Waals surface area contributed by atoms with Gasteiger partial charge in [0.05, 0.1) is 19.3 Å². The van der Waals surface area contributed by atoms with Gasteiger partial charge < -0.3 is 32.8 Å². The number of carbonyl (C=O) groups is 3. The van der Waals surface area contributed by atoms with Gasteiger partial charge in [-0.2, -0.15) is 0 Å². The number of nitrogens with one attached hydrogen (secondary N) is 1. The van der Waals surface area contributed by atoms with E-state index in [1.54, 1.807) is 59.6 Å². The minimum Gasteiger partial charge on any atom is -0.497 e. The van der Waals surface area contributed by atoms with Gasteiger partial charge in [-0.15, -0.1) is 0 Å². The molecule has 0 heterocycles. The summed E-state index contributed by atoms with van der Waals surface area (Å²) in [5.41, 5.74) is 4.80. The molecule has 0 spiro atoms. The largest absolute Gasteiger partial charge is 0.500 e. The van der Waals surface area contributed by atoms with Crippen LogP contribution in [0, 0.1) is 0 Å². The summed E-state index contributed by atoms with van der Waals surface area (Å²) in [4.78, 5) is 37.4. The number of hydrogen-bond donors (Lipinski definition) is 1. The molecule has 11 heteroatoms. The van der Waals surface area contributed by atoms with E-state index in [0.29, 0.717) is 48.7 Å². The number of rotatable bonds is 19. The average molecular weight is 728 g/mol. The first-order valence-electron chi connectivity index (χ1n) is 17.3. The van der Waals surface area contributed by atoms with Gasteiger partial charge in [-0.1, -0.05) is 67.6 Å². The molecule has 1 amide bonds. The van der Waals surface area contributed by atoms with E-state index in [4.69, 9.17) is 27.5 Å². The minimum absolute atomic E-state index is 0.00888. The van der Waals surface area contributed by atoms with E-state index >= 15 is 0 Å². The molecule has 0 fully saturated rings. The lowest BCUT2D eigenvalue weighted by Crippen LogP contribution is -2.43. The Kier molecular flexibility index (Phi) is 14.7. The van der Waals surface area contributed by atoms with E-state index in [1.807, 2.05) is 72.8 Å². The van der Waals surface area contributed by atoms with Crippen molar-refractivity contribution in [3.8, 4) is 11.5 Å². The first-order chi connectivity index (χ1) is 25.0. The highest BCUT2D eigenvalue weighted by atomic mass is 28.4. The van der Waals surface area contributed by atoms with Crippen molar-refractivity contribution in [3.63, 3.8) is 0 Å². The summed E-state index contributed by atoms with van der Waals surface area (Å²) in [6.45, 7) is 4.27. The van der Waals surface area contributed by atoms with Gasteiger partial charge in [0.2, 0.25) is 0 Å². The number of ether oxygens (including phenoxy) is 3. The summed E-state index contributed by atoms with van der Waals surface area (Å²) < 4.78 is 32.7. The molecule has 0 aromatic heterocycles. The van der Waals surface area contributed by atoms with E-state index in [9.17, 15) is 14.4 Å². The van der Waals surface area contributed by atoms with Gasteiger partial charge in [0.15, 0.2) is 5.78 Å². The van der Waals surface area contributed by atoms with Crippen molar-refractivity contribution in [3.05, 3.63) is 130 Å². The van der Waals surface area contributed by atoms with Gasteiger partial charge in [0.25, 0.3) is 0 Å². The second-order valence-electron chi connectivity index (χ2n) is 12.7. The second-order valence-corrected chi connectivity index (χ2v) is 15.8. The van der Waals surface area contributed by atoms with E-state index in [1.165, 1.54) is 0 Å². The zero-order chi connectivity index (χ0) is 37.6. The van der Waals surface area contributed by atoms with E-state index in [-0.39, 0.29) is 12.4 Å². The lowest BCUT2D eigenvalue weighted by atomic mass is 9.73. The Labute approximate surface area is 307 Å². The number of hydrogen-bond acceptors (Lipinski definition) is 9. The fourth-order valence-electron chi connectivity index (χ4n) is 6.02. The lowest BCUT2D eigenvalue weighted by molar-refractivity contribution is 0.0734. The van der Waals surface area contributed by atoms with Crippen LogP contribution >= 0.6 is 0 Å². The van der Waals surface area contributed by atoms with Crippen molar-refractivity contribution in [1.29, 1.82) is 0 Å². The SMILES string of the molecule is COc1ccc(Cc2ccc(C(=O)Oc3ccc(C(C)(CCCOC(=O)NCCC[Si](OC)(OC)OC)c4ccc(C(C)=O)cc4)cc3)cc2)cc1. The van der Waals surface area contributed by atoms with Crippen LogP contribution in [0.1, 0.15) is 76.1 Å². The van der Waals surface area contributed by atoms with Crippen LogP contribution in [0.2, 0.25) is 6.04 Å². The lowest BCUT2D eigenvalue weighted by Gasteiger charge is -2.31. The summed E-state index contributed by atoms with van der Waals surface area (Å²) in [5, 5.41) is 2.77. The highest BCUT2D eigenvalue weighted by molar-refractivity contribution is 6.60. The van der Waals surface area contributed by atoms with Crippen LogP contribution in [0.3, 0.4) is 0 Å². The zero-order valence-corrected chi connectivity index (χ0v) is 31.9. The number of esters is 1. The van der Waals surface area contributed by atoms with Gasteiger partial charge in [-0.25, -0.2) is 9.59 Å². The highest BCUT2D eigenvalue weighted by Gasteiger charge is 2.37. The molecule has 0 aliphatic rings. The van der Waals surface area contributed by atoms with Crippen molar-refractivity contribution < 1.29 is 41.9 Å². The quantitative estimate of drug-likeness (QED) is 0.0340. The molecule has 1 unspecified atom stereocenters. The molecule has 1 atom stereocenters. The first-order valence-corrected chi connectivity index (χ1v) is 19.2. The molecule has 276 valence electrons. The van der Waals surface area contributed by atoms with Crippen molar-refractivity contribution in [2.45, 2.75) is 51.0 Å². The number of benzene rings is 4. The molecular weight excluding hydrogens is 679 g/mol. The molecule has 0 aliphatic heterocycles. The Morgan fingerprint density at radius 2 is 1.19 bits per heavy atom. The Bertz CT molecular complexity index is 1730. The van der Waals surface area contributed by atoms with Gasteiger partial charge >= 0.3 is 20.9 Å². The van der Waals surface area contributed by atoms with Crippen molar-refractivity contribution >= 4 is 26.7 Å². The second kappa shape index (κ2) is 19.1. The molecule has 0 radical (unpaired) electrons. The van der Waals surface area contributed by atoms with E-state index < -0.39 is 26.3 Å². The maximum atomic E-state index is 13.0. The van der Waals surface area contributed by atoms with Gasteiger partial charge in [0.1, 0.15) is 11.5 Å². The number of carbonyl (C=O) groups excluding carboxylic acids is 3. The fraction of sp³-hybridized carbons (Fsp3) is 0.341. The third kappa shape index (κ3) is 10.8. The number of ketones is 1. The third-order valence-electron chi connectivity index (χ3n) is 9.30. The average Bonchev–Trinajstić information content (AvgIpc) is 3.17. The first kappa shape index (κ1) is 40.0. The molecule has 1 N–H and O–H groups in total. The summed E-state index contributed by atoms with van der Waals surface area (Å²) in [6, 6.07) is 30.9. The Morgan fingerprint density at radius 3 is 1.73 bits per heavy atom. The van der Waals surface area contributed by atoms with Crippen LogP contribution in [-0.2, 0) is 29.9 Å². The normalized spacial score (nSPS) is 12.4. The van der Waals surface area contributed by atoms with Crippen LogP contribution in [0.5, 0.6) is 11.5 Å². The monoisotopic (exact) mass is 727 g/mol. The molecule has 10 nitrogen and oxygen atoms in total. The van der Waals surface area contributed by atoms with Crippen molar-refractivity contribution in [2.24, 2.45) is 0 Å². The summed E-state index contributed by atoms with van der Waals surface area (Å²) in [5.74, 6) is 0.778. The molecule has 52 heavy (non-hydrogen) atoms. The number of alkyl carbamates (subject to hydrolysis) is 1. The van der Waals surface area contributed by atoms with Crippen molar-refractivity contribution in [1.82, 2.24) is 5.32 Å². The highest BCUT2D eigenvalue weighted by Crippen LogP contribution is 2.37. The van der Waals surface area contributed by atoms with Crippen LogP contribution in [0.25, 0.3) is 0 Å². The summed E-state index contributed by atoms with van der Waals surface area (Å²) in [7, 11) is 3.62. The molecule has 4 aromatic rings. The molecule has 0 aliphatic carbocycles. The minimum atomic E-state index is -2.70. The Balaban J connectivity index is 1.36. The maximum absolute atomic E-state index is 13.0. The van der Waals surface area contributed by atoms with E-state index in [2.05, 4.69) is 12.2 Å². The van der Waals surface area contributed by atoms with Crippen LogP contribution < -0.4 is 14.8 Å². The zero-order valence-electron chi connectivity index (χ0n) is 30.9. The van der Waals surface area contributed by atoms with Crippen LogP contribution in [-0.4, -0.2) is 68.2 Å². The van der Waals surface area contributed by atoms with Gasteiger partial charge in [0, 0.05) is 44.9 Å². The smallest absolute Gasteiger partial charge is 0.497 e. The summed E-state index contributed by atoms with van der Waals surface area (Å²) >= 11 is 0. The predicted octanol–water partition coefficient (Wildman–Crippen LogP) is 7.79. The number of methoxy groups -OCH3 is 1. The maximum Gasteiger partial charge on any atom is 0.500 e. The molecule has 0 saturated heterocycles. The number of Topliss-reactive ketones (excluding diaryl/α,β-unsaturated/α-hetero) is 1. The standard InChI is InChI=1S/C41H49NO9Si/c1-30(43)33-15-17-35(18-16-33)41(2,25-7-27-50-40(45)42-26-8-28-52(47-4,48-5)49-6)36-19-23-38(24-20-36)51-39(44)34-13-9-31(10-14-34)29-32-11-21-37(46-3)22-12-32/h9-24H,7-8,25-29H2,1-6H3,(H,42,45). The third-order valence-corrected chi connectivity index (χ3v) is 12.1.